The predicted octanol–water partition coefficient (Wildman–Crippen LogP) is 4.51. The van der Waals surface area contributed by atoms with Crippen LogP contribution in [0.2, 0.25) is 0 Å². The summed E-state index contributed by atoms with van der Waals surface area (Å²) in [4.78, 5) is 10.3. The molecule has 0 aliphatic rings. The maximum Gasteiger partial charge on any atom is 0.120 e. The molecule has 18 heavy (non-hydrogen) atoms. The fourth-order valence-electron chi connectivity index (χ4n) is 1.67. The Labute approximate surface area is 110 Å². The highest BCUT2D eigenvalue weighted by molar-refractivity contribution is 5.50. The molecule has 0 aliphatic carbocycles. The first-order valence-corrected chi connectivity index (χ1v) is 6.56. The molecule has 1 aromatic carbocycles. The van der Waals surface area contributed by atoms with E-state index in [1.807, 2.05) is 18.2 Å². The Balaban J connectivity index is 2.35. The molecule has 0 fully saturated rings. The van der Waals surface area contributed by atoms with E-state index < -0.39 is 0 Å². The first-order valence-electron chi connectivity index (χ1n) is 6.56. The Bertz CT molecular complexity index is 389. The van der Waals surface area contributed by atoms with Gasteiger partial charge in [0.2, 0.25) is 0 Å². The molecular weight excluding hydrogens is 220 g/mol. The summed E-state index contributed by atoms with van der Waals surface area (Å²) < 4.78 is 0. The fourth-order valence-corrected chi connectivity index (χ4v) is 1.67. The summed E-state index contributed by atoms with van der Waals surface area (Å²) in [6, 6.07) is 10.3. The van der Waals surface area contributed by atoms with Crippen molar-refractivity contribution in [1.82, 2.24) is 0 Å². The van der Waals surface area contributed by atoms with Crippen molar-refractivity contribution < 1.29 is 4.79 Å². The van der Waals surface area contributed by atoms with Gasteiger partial charge in [0.25, 0.3) is 0 Å². The van der Waals surface area contributed by atoms with Gasteiger partial charge in [0.15, 0.2) is 0 Å². The van der Waals surface area contributed by atoms with E-state index in [9.17, 15) is 4.79 Å². The van der Waals surface area contributed by atoms with Crippen molar-refractivity contribution in [1.29, 1.82) is 0 Å². The van der Waals surface area contributed by atoms with Gasteiger partial charge in [-0.05, 0) is 23.8 Å². The van der Waals surface area contributed by atoms with Crippen LogP contribution < -0.4 is 0 Å². The van der Waals surface area contributed by atoms with Crippen molar-refractivity contribution in [2.75, 3.05) is 0 Å². The van der Waals surface area contributed by atoms with Crippen LogP contribution >= 0.6 is 0 Å². The minimum Gasteiger partial charge on any atom is -0.303 e. The smallest absolute Gasteiger partial charge is 0.120 e. The zero-order valence-corrected chi connectivity index (χ0v) is 11.3. The topological polar surface area (TPSA) is 17.1 Å². The molecule has 0 N–H and O–H groups in total. The number of carbonyl (C=O) groups excluding carboxylic acids is 1. The molecular formula is C17H22O. The highest BCUT2D eigenvalue weighted by Crippen LogP contribution is 2.10. The standard InChI is InChI=1S/C17H22O/c1-15(7-6-8-16(2)13-14-18)11-12-17-9-4-3-5-10-17/h3-6,8-12,14-16H,7,13H2,1-2H3/b8-6+,12-11+/t15-,16-/m0/s1. The van der Waals surface area contributed by atoms with Crippen LogP contribution in [0.1, 0.15) is 32.3 Å². The van der Waals surface area contributed by atoms with Crippen LogP contribution in [0.25, 0.3) is 6.08 Å². The van der Waals surface area contributed by atoms with E-state index in [1.54, 1.807) is 0 Å². The minimum atomic E-state index is 0.354. The number of hydrogen-bond donors (Lipinski definition) is 0. The molecule has 96 valence electrons. The average molecular weight is 242 g/mol. The Morgan fingerprint density at radius 1 is 1.00 bits per heavy atom. The predicted molar refractivity (Wildman–Crippen MR) is 78.2 cm³/mol. The number of hydrogen-bond acceptors (Lipinski definition) is 1. The molecule has 2 atom stereocenters. The molecule has 0 heterocycles. The second-order valence-corrected chi connectivity index (χ2v) is 4.79. The van der Waals surface area contributed by atoms with E-state index >= 15 is 0 Å². The number of aldehydes is 1. The average Bonchev–Trinajstić information content (AvgIpc) is 2.38. The van der Waals surface area contributed by atoms with E-state index in [0.717, 1.165) is 12.7 Å². The summed E-state index contributed by atoms with van der Waals surface area (Å²) in [5.74, 6) is 0.873. The van der Waals surface area contributed by atoms with E-state index in [4.69, 9.17) is 0 Å². The Morgan fingerprint density at radius 3 is 2.33 bits per heavy atom. The summed E-state index contributed by atoms with van der Waals surface area (Å²) in [7, 11) is 0. The highest BCUT2D eigenvalue weighted by Gasteiger charge is 1.96. The molecule has 0 aliphatic heterocycles. The third-order valence-corrected chi connectivity index (χ3v) is 2.86. The number of carbonyl (C=O) groups is 1. The van der Waals surface area contributed by atoms with E-state index in [0.29, 0.717) is 18.3 Å². The summed E-state index contributed by atoms with van der Waals surface area (Å²) in [5, 5.41) is 0. The molecule has 0 bridgehead atoms. The van der Waals surface area contributed by atoms with Gasteiger partial charge in [0.1, 0.15) is 6.29 Å². The second kappa shape index (κ2) is 8.46. The zero-order valence-electron chi connectivity index (χ0n) is 11.3. The van der Waals surface area contributed by atoms with Crippen LogP contribution in [0.15, 0.2) is 48.6 Å². The SMILES string of the molecule is C[C@H](/C=C/c1ccccc1)C/C=C/[C@H](C)CC=O. The first kappa shape index (κ1) is 14.4. The lowest BCUT2D eigenvalue weighted by Gasteiger charge is -2.03. The van der Waals surface area contributed by atoms with Crippen LogP contribution in [0.3, 0.4) is 0 Å². The lowest BCUT2D eigenvalue weighted by atomic mass is 10.0. The van der Waals surface area contributed by atoms with Gasteiger partial charge >= 0.3 is 0 Å². The van der Waals surface area contributed by atoms with Gasteiger partial charge in [0.05, 0.1) is 0 Å². The van der Waals surface area contributed by atoms with Crippen LogP contribution in [-0.4, -0.2) is 6.29 Å². The Morgan fingerprint density at radius 2 is 1.67 bits per heavy atom. The van der Waals surface area contributed by atoms with Crippen molar-refractivity contribution >= 4 is 12.4 Å². The largest absolute Gasteiger partial charge is 0.303 e. The van der Waals surface area contributed by atoms with Gasteiger partial charge in [-0.25, -0.2) is 0 Å². The quantitative estimate of drug-likeness (QED) is 0.508. The van der Waals surface area contributed by atoms with Gasteiger partial charge in [-0.1, -0.05) is 68.5 Å². The molecule has 1 aromatic rings. The van der Waals surface area contributed by atoms with Gasteiger partial charge < -0.3 is 4.79 Å². The third-order valence-electron chi connectivity index (χ3n) is 2.86. The van der Waals surface area contributed by atoms with Gasteiger partial charge in [-0.3, -0.25) is 0 Å². The summed E-state index contributed by atoms with van der Waals surface area (Å²) >= 11 is 0. The van der Waals surface area contributed by atoms with E-state index in [-0.39, 0.29) is 0 Å². The molecule has 0 amide bonds. The summed E-state index contributed by atoms with van der Waals surface area (Å²) in [5.41, 5.74) is 1.24. The van der Waals surface area contributed by atoms with Crippen molar-refractivity contribution in [3.8, 4) is 0 Å². The van der Waals surface area contributed by atoms with Crippen molar-refractivity contribution in [3.05, 3.63) is 54.1 Å². The van der Waals surface area contributed by atoms with E-state index in [1.165, 1.54) is 5.56 Å². The van der Waals surface area contributed by atoms with Gasteiger partial charge in [0, 0.05) is 6.42 Å². The van der Waals surface area contributed by atoms with Crippen molar-refractivity contribution in [2.24, 2.45) is 11.8 Å². The third kappa shape index (κ3) is 6.19. The molecule has 1 heteroatoms. The monoisotopic (exact) mass is 242 g/mol. The van der Waals surface area contributed by atoms with Crippen LogP contribution in [0, 0.1) is 11.8 Å². The van der Waals surface area contributed by atoms with Crippen LogP contribution in [0.5, 0.6) is 0 Å². The Hall–Kier alpha value is -1.63. The zero-order chi connectivity index (χ0) is 13.2. The number of benzene rings is 1. The van der Waals surface area contributed by atoms with Crippen LogP contribution in [-0.2, 0) is 4.79 Å². The van der Waals surface area contributed by atoms with Gasteiger partial charge in [-0.15, -0.1) is 0 Å². The number of rotatable bonds is 7. The van der Waals surface area contributed by atoms with E-state index in [2.05, 4.69) is 50.3 Å². The maximum atomic E-state index is 10.3. The molecule has 0 saturated carbocycles. The molecule has 1 nitrogen and oxygen atoms in total. The number of allylic oxidation sites excluding steroid dienone is 3. The summed E-state index contributed by atoms with van der Waals surface area (Å²) in [6.45, 7) is 4.27. The molecule has 0 unspecified atom stereocenters. The minimum absolute atomic E-state index is 0.354. The van der Waals surface area contributed by atoms with Crippen molar-refractivity contribution in [3.63, 3.8) is 0 Å². The second-order valence-electron chi connectivity index (χ2n) is 4.79. The first-order chi connectivity index (χ1) is 8.72. The molecule has 0 aromatic heterocycles. The lowest BCUT2D eigenvalue weighted by Crippen LogP contribution is -1.91. The molecule has 0 saturated heterocycles. The fraction of sp³-hybridized carbons (Fsp3) is 0.353. The highest BCUT2D eigenvalue weighted by atomic mass is 16.1. The maximum absolute atomic E-state index is 10.3. The lowest BCUT2D eigenvalue weighted by molar-refractivity contribution is -0.108. The normalized spacial score (nSPS) is 15.0. The Kier molecular flexibility index (Phi) is 6.78. The van der Waals surface area contributed by atoms with Crippen molar-refractivity contribution in [2.45, 2.75) is 26.7 Å². The molecule has 1 rings (SSSR count). The molecule has 0 radical (unpaired) electrons. The summed E-state index contributed by atoms with van der Waals surface area (Å²) in [6.07, 6.45) is 11.3. The van der Waals surface area contributed by atoms with Gasteiger partial charge in [-0.2, -0.15) is 0 Å². The molecule has 0 spiro atoms. The van der Waals surface area contributed by atoms with Crippen LogP contribution in [0.4, 0.5) is 0 Å².